The average Bonchev–Trinajstić information content (AvgIpc) is 2.39. The Morgan fingerprint density at radius 3 is 2.53 bits per heavy atom. The van der Waals surface area contributed by atoms with Gasteiger partial charge in [0.25, 0.3) is 0 Å². The highest BCUT2D eigenvalue weighted by molar-refractivity contribution is 5.69. The molecule has 19 heavy (non-hydrogen) atoms. The Bertz CT molecular complexity index is 364. The van der Waals surface area contributed by atoms with Crippen molar-refractivity contribution in [1.29, 1.82) is 0 Å². The summed E-state index contributed by atoms with van der Waals surface area (Å²) in [5.74, 6) is 0.287. The molecule has 3 nitrogen and oxygen atoms in total. The molecule has 0 N–H and O–H groups in total. The van der Waals surface area contributed by atoms with Crippen LogP contribution < -0.4 is 0 Å². The third kappa shape index (κ3) is 6.39. The molecule has 1 aromatic carbocycles. The molecule has 0 spiro atoms. The summed E-state index contributed by atoms with van der Waals surface area (Å²) in [5, 5.41) is 0. The number of nitrogens with zero attached hydrogens (tertiary/aromatic N) is 1. The molecule has 0 saturated carbocycles. The van der Waals surface area contributed by atoms with Crippen LogP contribution in [0.4, 0.5) is 0 Å². The van der Waals surface area contributed by atoms with Crippen LogP contribution in [0.1, 0.15) is 32.3 Å². The second-order valence-electron chi connectivity index (χ2n) is 4.97. The molecule has 1 unspecified atom stereocenters. The molecule has 1 atom stereocenters. The van der Waals surface area contributed by atoms with E-state index in [2.05, 4.69) is 43.1 Å². The minimum absolute atomic E-state index is 0.0811. The normalized spacial score (nSPS) is 12.4. The van der Waals surface area contributed by atoms with Crippen molar-refractivity contribution in [2.24, 2.45) is 5.92 Å². The highest BCUT2D eigenvalue weighted by Gasteiger charge is 2.15. The number of esters is 1. The Kier molecular flexibility index (Phi) is 7.19. The maximum Gasteiger partial charge on any atom is 0.306 e. The highest BCUT2D eigenvalue weighted by atomic mass is 16.5. The summed E-state index contributed by atoms with van der Waals surface area (Å²) in [4.78, 5) is 13.8. The summed E-state index contributed by atoms with van der Waals surface area (Å²) in [7, 11) is 2.10. The molecule has 1 rings (SSSR count). The molecule has 1 aromatic rings. The van der Waals surface area contributed by atoms with E-state index in [4.69, 9.17) is 4.74 Å². The highest BCUT2D eigenvalue weighted by Crippen LogP contribution is 2.13. The lowest BCUT2D eigenvalue weighted by molar-refractivity contribution is -0.144. The Morgan fingerprint density at radius 2 is 1.95 bits per heavy atom. The van der Waals surface area contributed by atoms with Gasteiger partial charge < -0.3 is 9.64 Å². The zero-order valence-corrected chi connectivity index (χ0v) is 12.3. The van der Waals surface area contributed by atoms with Gasteiger partial charge in [0, 0.05) is 19.5 Å². The minimum atomic E-state index is -0.0811. The van der Waals surface area contributed by atoms with E-state index in [1.54, 1.807) is 0 Å². The molecule has 0 amide bonds. The van der Waals surface area contributed by atoms with Crippen molar-refractivity contribution in [1.82, 2.24) is 4.90 Å². The summed E-state index contributed by atoms with van der Waals surface area (Å²) in [5.41, 5.74) is 1.30. The lowest BCUT2D eigenvalue weighted by atomic mass is 10.0. The summed E-state index contributed by atoms with van der Waals surface area (Å²) in [6, 6.07) is 10.4. The predicted molar refractivity (Wildman–Crippen MR) is 77.8 cm³/mol. The lowest BCUT2D eigenvalue weighted by Gasteiger charge is -2.22. The first-order valence-electron chi connectivity index (χ1n) is 7.03. The van der Waals surface area contributed by atoms with Gasteiger partial charge in [0.05, 0.1) is 6.61 Å². The van der Waals surface area contributed by atoms with Crippen LogP contribution in [0.3, 0.4) is 0 Å². The van der Waals surface area contributed by atoms with Crippen LogP contribution in [0.2, 0.25) is 0 Å². The minimum Gasteiger partial charge on any atom is -0.466 e. The van der Waals surface area contributed by atoms with E-state index in [1.165, 1.54) is 5.56 Å². The fourth-order valence-corrected chi connectivity index (χ4v) is 2.19. The largest absolute Gasteiger partial charge is 0.466 e. The zero-order chi connectivity index (χ0) is 14.1. The molecule has 0 bridgehead atoms. The van der Waals surface area contributed by atoms with Gasteiger partial charge in [0.1, 0.15) is 0 Å². The molecule has 106 valence electrons. The first-order valence-corrected chi connectivity index (χ1v) is 7.03. The second kappa shape index (κ2) is 8.70. The number of ether oxygens (including phenoxy) is 1. The van der Waals surface area contributed by atoms with Gasteiger partial charge in [-0.05, 0) is 25.5 Å². The van der Waals surface area contributed by atoms with Gasteiger partial charge in [-0.25, -0.2) is 0 Å². The number of hydrogen-bond acceptors (Lipinski definition) is 3. The standard InChI is InChI=1S/C16H25NO2/c1-4-14(11-16(18)19-5-2)12-17(3)13-15-9-7-6-8-10-15/h6-10,14H,4-5,11-13H2,1-3H3. The summed E-state index contributed by atoms with van der Waals surface area (Å²) >= 11 is 0. The maximum atomic E-state index is 11.5. The van der Waals surface area contributed by atoms with Crippen molar-refractivity contribution in [2.75, 3.05) is 20.2 Å². The van der Waals surface area contributed by atoms with Crippen LogP contribution >= 0.6 is 0 Å². The lowest BCUT2D eigenvalue weighted by Crippen LogP contribution is -2.27. The van der Waals surface area contributed by atoms with E-state index in [-0.39, 0.29) is 5.97 Å². The van der Waals surface area contributed by atoms with Gasteiger partial charge in [-0.1, -0.05) is 43.7 Å². The van der Waals surface area contributed by atoms with E-state index < -0.39 is 0 Å². The summed E-state index contributed by atoms with van der Waals surface area (Å²) in [6.07, 6.45) is 1.52. The topological polar surface area (TPSA) is 29.5 Å². The Labute approximate surface area is 116 Å². The van der Waals surface area contributed by atoms with Crippen molar-refractivity contribution in [3.8, 4) is 0 Å². The molecule has 0 radical (unpaired) electrons. The smallest absolute Gasteiger partial charge is 0.306 e. The molecule has 0 aliphatic carbocycles. The second-order valence-corrected chi connectivity index (χ2v) is 4.97. The van der Waals surface area contributed by atoms with E-state index in [1.807, 2.05) is 13.0 Å². The quantitative estimate of drug-likeness (QED) is 0.675. The van der Waals surface area contributed by atoms with Gasteiger partial charge in [0.2, 0.25) is 0 Å². The van der Waals surface area contributed by atoms with Crippen molar-refractivity contribution in [3.05, 3.63) is 35.9 Å². The third-order valence-electron chi connectivity index (χ3n) is 3.20. The van der Waals surface area contributed by atoms with Crippen molar-refractivity contribution < 1.29 is 9.53 Å². The maximum absolute atomic E-state index is 11.5. The number of benzene rings is 1. The molecular formula is C16H25NO2. The third-order valence-corrected chi connectivity index (χ3v) is 3.20. The van der Waals surface area contributed by atoms with Crippen molar-refractivity contribution in [3.63, 3.8) is 0 Å². The fraction of sp³-hybridized carbons (Fsp3) is 0.562. The Morgan fingerprint density at radius 1 is 1.26 bits per heavy atom. The van der Waals surface area contributed by atoms with Crippen LogP contribution in [0.25, 0.3) is 0 Å². The van der Waals surface area contributed by atoms with Gasteiger partial charge in [0.15, 0.2) is 0 Å². The predicted octanol–water partition coefficient (Wildman–Crippen LogP) is 3.10. The Hall–Kier alpha value is -1.35. The number of carbonyl (C=O) groups excluding carboxylic acids is 1. The van der Waals surface area contributed by atoms with E-state index in [9.17, 15) is 4.79 Å². The Balaban J connectivity index is 2.40. The average molecular weight is 263 g/mol. The fourth-order valence-electron chi connectivity index (χ4n) is 2.19. The van der Waals surface area contributed by atoms with Crippen LogP contribution in [0.5, 0.6) is 0 Å². The van der Waals surface area contributed by atoms with Gasteiger partial charge in [-0.3, -0.25) is 4.79 Å². The van der Waals surface area contributed by atoms with Crippen LogP contribution in [0, 0.1) is 5.92 Å². The molecule has 0 aromatic heterocycles. The SMILES string of the molecule is CCOC(=O)CC(CC)CN(C)Cc1ccccc1. The number of carbonyl (C=O) groups is 1. The van der Waals surface area contributed by atoms with Crippen molar-refractivity contribution in [2.45, 2.75) is 33.2 Å². The first-order chi connectivity index (χ1) is 9.15. The van der Waals surface area contributed by atoms with Crippen LogP contribution in [-0.4, -0.2) is 31.1 Å². The molecule has 0 aliphatic rings. The summed E-state index contributed by atoms with van der Waals surface area (Å²) in [6.45, 7) is 6.28. The van der Waals surface area contributed by atoms with E-state index in [0.717, 1.165) is 19.5 Å². The molecule has 0 fully saturated rings. The first kappa shape index (κ1) is 15.7. The van der Waals surface area contributed by atoms with Gasteiger partial charge in [-0.2, -0.15) is 0 Å². The van der Waals surface area contributed by atoms with Crippen LogP contribution in [0.15, 0.2) is 30.3 Å². The number of hydrogen-bond donors (Lipinski definition) is 0. The molecule has 0 heterocycles. The molecule has 3 heteroatoms. The zero-order valence-electron chi connectivity index (χ0n) is 12.3. The van der Waals surface area contributed by atoms with Gasteiger partial charge >= 0.3 is 5.97 Å². The molecule has 0 saturated heterocycles. The molecular weight excluding hydrogens is 238 g/mol. The van der Waals surface area contributed by atoms with Gasteiger partial charge in [-0.15, -0.1) is 0 Å². The van der Waals surface area contributed by atoms with E-state index >= 15 is 0 Å². The molecule has 0 aliphatic heterocycles. The van der Waals surface area contributed by atoms with E-state index in [0.29, 0.717) is 18.9 Å². The number of rotatable bonds is 8. The van der Waals surface area contributed by atoms with Crippen LogP contribution in [-0.2, 0) is 16.1 Å². The van der Waals surface area contributed by atoms with Crippen molar-refractivity contribution >= 4 is 5.97 Å². The summed E-state index contributed by atoms with van der Waals surface area (Å²) < 4.78 is 5.02. The monoisotopic (exact) mass is 263 g/mol.